The average molecular weight is 283 g/mol. The zero-order chi connectivity index (χ0) is 14.7. The number of hydrogen-bond donors (Lipinski definition) is 1. The second-order valence-corrected chi connectivity index (χ2v) is 4.97. The van der Waals surface area contributed by atoms with Gasteiger partial charge in [-0.25, -0.2) is 4.68 Å². The summed E-state index contributed by atoms with van der Waals surface area (Å²) >= 11 is 0. The second kappa shape index (κ2) is 5.88. The van der Waals surface area contributed by atoms with Gasteiger partial charge in [0.25, 0.3) is 0 Å². The molecule has 0 saturated heterocycles. The summed E-state index contributed by atoms with van der Waals surface area (Å²) in [7, 11) is 0. The molecule has 0 radical (unpaired) electrons. The zero-order valence-corrected chi connectivity index (χ0v) is 12.0. The zero-order valence-electron chi connectivity index (χ0n) is 12.0. The molecule has 2 atom stereocenters. The van der Waals surface area contributed by atoms with Gasteiger partial charge in [-0.3, -0.25) is 0 Å². The van der Waals surface area contributed by atoms with E-state index in [1.54, 1.807) is 17.3 Å². The second-order valence-electron chi connectivity index (χ2n) is 4.97. The van der Waals surface area contributed by atoms with Gasteiger partial charge in [0.1, 0.15) is 12.1 Å². The van der Waals surface area contributed by atoms with Gasteiger partial charge in [-0.05, 0) is 54.1 Å². The number of aromatic nitrogens is 4. The number of nitrogens with one attached hydrogen (secondary N) is 1. The molecule has 0 fully saturated rings. The van der Waals surface area contributed by atoms with Crippen LogP contribution in [0, 0.1) is 0 Å². The summed E-state index contributed by atoms with van der Waals surface area (Å²) in [5, 5.41) is 14.7. The van der Waals surface area contributed by atoms with Crippen molar-refractivity contribution in [1.82, 2.24) is 25.5 Å². The third kappa shape index (κ3) is 3.00. The molecule has 0 aliphatic heterocycles. The summed E-state index contributed by atoms with van der Waals surface area (Å²) in [6.07, 6.45) is 3.28. The summed E-state index contributed by atoms with van der Waals surface area (Å²) in [6.45, 7) is 4.21. The van der Waals surface area contributed by atoms with Crippen molar-refractivity contribution in [2.45, 2.75) is 25.9 Å². The Morgan fingerprint density at radius 2 is 2.05 bits per heavy atom. The van der Waals surface area contributed by atoms with Crippen LogP contribution in [0.3, 0.4) is 0 Å². The fourth-order valence-corrected chi connectivity index (χ4v) is 2.31. The van der Waals surface area contributed by atoms with E-state index >= 15 is 0 Å². The van der Waals surface area contributed by atoms with Crippen LogP contribution in [0.15, 0.2) is 53.4 Å². The van der Waals surface area contributed by atoms with Gasteiger partial charge in [0.2, 0.25) is 0 Å². The van der Waals surface area contributed by atoms with Crippen LogP contribution in [-0.4, -0.2) is 20.2 Å². The van der Waals surface area contributed by atoms with E-state index in [4.69, 9.17) is 4.42 Å². The van der Waals surface area contributed by atoms with Crippen molar-refractivity contribution in [1.29, 1.82) is 0 Å². The Bertz CT molecular complexity index is 678. The van der Waals surface area contributed by atoms with Crippen LogP contribution in [0.25, 0.3) is 5.69 Å². The Balaban J connectivity index is 1.76. The van der Waals surface area contributed by atoms with E-state index in [2.05, 4.69) is 46.8 Å². The maximum Gasteiger partial charge on any atom is 0.143 e. The molecule has 0 spiro atoms. The number of rotatable bonds is 5. The summed E-state index contributed by atoms with van der Waals surface area (Å²) in [5.41, 5.74) is 2.11. The van der Waals surface area contributed by atoms with E-state index in [1.807, 2.05) is 24.3 Å². The molecular weight excluding hydrogens is 266 g/mol. The van der Waals surface area contributed by atoms with Gasteiger partial charge < -0.3 is 9.73 Å². The minimum Gasteiger partial charge on any atom is -0.468 e. The predicted octanol–water partition coefficient (Wildman–Crippen LogP) is 2.67. The van der Waals surface area contributed by atoms with Gasteiger partial charge in [0.15, 0.2) is 0 Å². The Hall–Kier alpha value is -2.47. The van der Waals surface area contributed by atoms with Crippen molar-refractivity contribution in [2.75, 3.05) is 0 Å². The first kappa shape index (κ1) is 13.5. The summed E-state index contributed by atoms with van der Waals surface area (Å²) < 4.78 is 7.07. The summed E-state index contributed by atoms with van der Waals surface area (Å²) in [6, 6.07) is 12.3. The lowest BCUT2D eigenvalue weighted by atomic mass is 10.1. The minimum absolute atomic E-state index is 0.145. The van der Waals surface area contributed by atoms with E-state index in [0.29, 0.717) is 0 Å². The molecule has 0 bridgehead atoms. The standard InChI is InChI=1S/C15H17N5O/c1-11(17-12(2)15-7-4-8-21-15)13-5-3-6-14(9-13)20-10-16-18-19-20/h3-12,17H,1-2H3/t11?,12-/m1/s1. The Labute approximate surface area is 122 Å². The maximum absolute atomic E-state index is 5.42. The SMILES string of the molecule is CC(N[C@H](C)c1ccco1)c1cccc(-n2cnnn2)c1. The molecule has 0 saturated carbocycles. The first-order chi connectivity index (χ1) is 10.2. The van der Waals surface area contributed by atoms with Gasteiger partial charge in [-0.2, -0.15) is 0 Å². The van der Waals surface area contributed by atoms with Crippen molar-refractivity contribution in [2.24, 2.45) is 0 Å². The highest BCUT2D eigenvalue weighted by Crippen LogP contribution is 2.21. The van der Waals surface area contributed by atoms with Crippen LogP contribution in [0.2, 0.25) is 0 Å². The third-order valence-corrected chi connectivity index (χ3v) is 3.45. The highest BCUT2D eigenvalue weighted by atomic mass is 16.3. The lowest BCUT2D eigenvalue weighted by Crippen LogP contribution is -2.22. The average Bonchev–Trinajstić information content (AvgIpc) is 3.20. The van der Waals surface area contributed by atoms with Crippen molar-refractivity contribution < 1.29 is 4.42 Å². The summed E-state index contributed by atoms with van der Waals surface area (Å²) in [4.78, 5) is 0. The minimum atomic E-state index is 0.145. The summed E-state index contributed by atoms with van der Waals surface area (Å²) in [5.74, 6) is 0.929. The predicted molar refractivity (Wildman–Crippen MR) is 77.8 cm³/mol. The molecule has 2 heterocycles. The van der Waals surface area contributed by atoms with Gasteiger partial charge in [0.05, 0.1) is 18.0 Å². The normalized spacial score (nSPS) is 14.0. The van der Waals surface area contributed by atoms with E-state index in [-0.39, 0.29) is 12.1 Å². The van der Waals surface area contributed by atoms with Gasteiger partial charge >= 0.3 is 0 Å². The molecule has 3 rings (SSSR count). The van der Waals surface area contributed by atoms with Crippen molar-refractivity contribution in [3.8, 4) is 5.69 Å². The van der Waals surface area contributed by atoms with Crippen molar-refractivity contribution in [3.05, 3.63) is 60.3 Å². The molecule has 1 aromatic carbocycles. The smallest absolute Gasteiger partial charge is 0.143 e. The first-order valence-corrected chi connectivity index (χ1v) is 6.87. The Morgan fingerprint density at radius 3 is 2.76 bits per heavy atom. The molecule has 1 unspecified atom stereocenters. The lowest BCUT2D eigenvalue weighted by Gasteiger charge is -2.19. The molecule has 0 aliphatic rings. The van der Waals surface area contributed by atoms with Gasteiger partial charge in [-0.15, -0.1) is 5.10 Å². The molecule has 3 aromatic rings. The lowest BCUT2D eigenvalue weighted by molar-refractivity contribution is 0.403. The first-order valence-electron chi connectivity index (χ1n) is 6.87. The van der Waals surface area contributed by atoms with Crippen LogP contribution < -0.4 is 5.32 Å². The molecule has 0 amide bonds. The number of hydrogen-bond acceptors (Lipinski definition) is 5. The van der Waals surface area contributed by atoms with E-state index in [1.165, 1.54) is 5.56 Å². The molecule has 2 aromatic heterocycles. The quantitative estimate of drug-likeness (QED) is 0.779. The van der Waals surface area contributed by atoms with Crippen LogP contribution >= 0.6 is 0 Å². The largest absolute Gasteiger partial charge is 0.468 e. The highest BCUT2D eigenvalue weighted by molar-refractivity contribution is 5.35. The van der Waals surface area contributed by atoms with Gasteiger partial charge in [-0.1, -0.05) is 12.1 Å². The van der Waals surface area contributed by atoms with Gasteiger partial charge in [0, 0.05) is 6.04 Å². The van der Waals surface area contributed by atoms with Crippen molar-refractivity contribution >= 4 is 0 Å². The number of benzene rings is 1. The van der Waals surface area contributed by atoms with Crippen LogP contribution in [0.1, 0.15) is 37.3 Å². The van der Waals surface area contributed by atoms with E-state index in [0.717, 1.165) is 11.4 Å². The van der Waals surface area contributed by atoms with Crippen molar-refractivity contribution in [3.63, 3.8) is 0 Å². The Morgan fingerprint density at radius 1 is 1.14 bits per heavy atom. The fourth-order valence-electron chi connectivity index (χ4n) is 2.31. The monoisotopic (exact) mass is 283 g/mol. The molecular formula is C15H17N5O. The van der Waals surface area contributed by atoms with E-state index < -0.39 is 0 Å². The number of tetrazole rings is 1. The highest BCUT2D eigenvalue weighted by Gasteiger charge is 2.13. The molecule has 1 N–H and O–H groups in total. The van der Waals surface area contributed by atoms with E-state index in [9.17, 15) is 0 Å². The fraction of sp³-hybridized carbons (Fsp3) is 0.267. The molecule has 0 aliphatic carbocycles. The topological polar surface area (TPSA) is 68.8 Å². The molecule has 108 valence electrons. The maximum atomic E-state index is 5.42. The third-order valence-electron chi connectivity index (χ3n) is 3.45. The van der Waals surface area contributed by atoms with Crippen LogP contribution in [-0.2, 0) is 0 Å². The Kier molecular flexibility index (Phi) is 3.79. The van der Waals surface area contributed by atoms with Crippen LogP contribution in [0.5, 0.6) is 0 Å². The molecule has 6 nitrogen and oxygen atoms in total. The molecule has 21 heavy (non-hydrogen) atoms. The number of nitrogens with zero attached hydrogens (tertiary/aromatic N) is 4. The number of furan rings is 1. The molecule has 6 heteroatoms. The van der Waals surface area contributed by atoms with Crippen LogP contribution in [0.4, 0.5) is 0 Å².